The van der Waals surface area contributed by atoms with Crippen LogP contribution >= 0.6 is 0 Å². The lowest BCUT2D eigenvalue weighted by molar-refractivity contribution is 0.490. The zero-order chi connectivity index (χ0) is 12.1. The van der Waals surface area contributed by atoms with Crippen LogP contribution in [0.4, 0.5) is 4.39 Å². The van der Waals surface area contributed by atoms with Crippen LogP contribution in [0.1, 0.15) is 19.1 Å². The SMILES string of the molecule is CCCNCc1ccc(-c2ccccc2F)o1. The van der Waals surface area contributed by atoms with Crippen molar-refractivity contribution >= 4 is 0 Å². The van der Waals surface area contributed by atoms with Gasteiger partial charge in [-0.1, -0.05) is 19.1 Å². The standard InChI is InChI=1S/C14H16FNO/c1-2-9-16-10-11-7-8-14(17-11)12-5-3-4-6-13(12)15/h3-8,16H,2,9-10H2,1H3. The smallest absolute Gasteiger partial charge is 0.137 e. The molecular formula is C14H16FNO. The molecule has 0 spiro atoms. The molecule has 2 nitrogen and oxygen atoms in total. The molecule has 17 heavy (non-hydrogen) atoms. The number of furan rings is 1. The normalized spacial score (nSPS) is 10.7. The van der Waals surface area contributed by atoms with Gasteiger partial charge < -0.3 is 9.73 Å². The van der Waals surface area contributed by atoms with Gasteiger partial charge in [-0.05, 0) is 37.2 Å². The molecule has 1 aromatic carbocycles. The van der Waals surface area contributed by atoms with Crippen molar-refractivity contribution in [2.45, 2.75) is 19.9 Å². The highest BCUT2D eigenvalue weighted by atomic mass is 19.1. The Balaban J connectivity index is 2.10. The van der Waals surface area contributed by atoms with Crippen molar-refractivity contribution in [3.8, 4) is 11.3 Å². The number of hydrogen-bond acceptors (Lipinski definition) is 2. The molecule has 2 aromatic rings. The van der Waals surface area contributed by atoms with Crippen LogP contribution in [-0.4, -0.2) is 6.54 Å². The van der Waals surface area contributed by atoms with Crippen molar-refractivity contribution in [2.24, 2.45) is 0 Å². The minimum atomic E-state index is -0.255. The van der Waals surface area contributed by atoms with Crippen molar-refractivity contribution < 1.29 is 8.81 Å². The van der Waals surface area contributed by atoms with Crippen LogP contribution in [0.2, 0.25) is 0 Å². The molecular weight excluding hydrogens is 217 g/mol. The summed E-state index contributed by atoms with van der Waals surface area (Å²) < 4.78 is 19.1. The Morgan fingerprint density at radius 2 is 2.00 bits per heavy atom. The van der Waals surface area contributed by atoms with E-state index in [-0.39, 0.29) is 5.82 Å². The molecule has 1 aromatic heterocycles. The highest BCUT2D eigenvalue weighted by Gasteiger charge is 2.08. The fraction of sp³-hybridized carbons (Fsp3) is 0.286. The van der Waals surface area contributed by atoms with E-state index in [0.717, 1.165) is 18.7 Å². The Morgan fingerprint density at radius 3 is 2.76 bits per heavy atom. The molecule has 0 fully saturated rings. The molecule has 0 saturated carbocycles. The van der Waals surface area contributed by atoms with Gasteiger partial charge >= 0.3 is 0 Å². The Hall–Kier alpha value is -1.61. The van der Waals surface area contributed by atoms with E-state index < -0.39 is 0 Å². The van der Waals surface area contributed by atoms with Gasteiger partial charge in [-0.3, -0.25) is 0 Å². The molecule has 2 rings (SSSR count). The molecule has 0 unspecified atom stereocenters. The third-order valence-corrected chi connectivity index (χ3v) is 2.53. The zero-order valence-electron chi connectivity index (χ0n) is 9.87. The summed E-state index contributed by atoms with van der Waals surface area (Å²) in [6.45, 7) is 3.75. The van der Waals surface area contributed by atoms with Crippen LogP contribution in [0.3, 0.4) is 0 Å². The summed E-state index contributed by atoms with van der Waals surface area (Å²) >= 11 is 0. The average molecular weight is 233 g/mol. The summed E-state index contributed by atoms with van der Waals surface area (Å²) in [6, 6.07) is 10.3. The first kappa shape index (κ1) is 11.9. The first-order valence-electron chi connectivity index (χ1n) is 5.85. The Kier molecular flexibility index (Phi) is 3.94. The van der Waals surface area contributed by atoms with Crippen LogP contribution in [0.15, 0.2) is 40.8 Å². The van der Waals surface area contributed by atoms with Crippen molar-refractivity contribution in [2.75, 3.05) is 6.54 Å². The molecule has 0 aliphatic carbocycles. The van der Waals surface area contributed by atoms with E-state index in [1.165, 1.54) is 6.07 Å². The Bertz CT molecular complexity index is 479. The summed E-state index contributed by atoms with van der Waals surface area (Å²) in [5.74, 6) is 1.16. The van der Waals surface area contributed by atoms with Crippen LogP contribution < -0.4 is 5.32 Å². The van der Waals surface area contributed by atoms with E-state index in [1.54, 1.807) is 24.3 Å². The fourth-order valence-corrected chi connectivity index (χ4v) is 1.67. The monoisotopic (exact) mass is 233 g/mol. The molecule has 3 heteroatoms. The summed E-state index contributed by atoms with van der Waals surface area (Å²) in [5.41, 5.74) is 0.509. The number of hydrogen-bond donors (Lipinski definition) is 1. The fourth-order valence-electron chi connectivity index (χ4n) is 1.67. The lowest BCUT2D eigenvalue weighted by atomic mass is 10.1. The number of rotatable bonds is 5. The predicted molar refractivity (Wildman–Crippen MR) is 66.1 cm³/mol. The van der Waals surface area contributed by atoms with E-state index in [9.17, 15) is 4.39 Å². The molecule has 0 bridgehead atoms. The lowest BCUT2D eigenvalue weighted by Crippen LogP contribution is -2.12. The van der Waals surface area contributed by atoms with Gasteiger partial charge in [0, 0.05) is 0 Å². The van der Waals surface area contributed by atoms with Gasteiger partial charge in [-0.15, -0.1) is 0 Å². The summed E-state index contributed by atoms with van der Waals surface area (Å²) in [5, 5.41) is 3.24. The van der Waals surface area contributed by atoms with Crippen molar-refractivity contribution in [3.63, 3.8) is 0 Å². The molecule has 0 amide bonds. The molecule has 1 heterocycles. The molecule has 1 N–H and O–H groups in total. The van der Waals surface area contributed by atoms with E-state index in [1.807, 2.05) is 6.07 Å². The highest BCUT2D eigenvalue weighted by Crippen LogP contribution is 2.24. The van der Waals surface area contributed by atoms with Crippen LogP contribution in [-0.2, 0) is 6.54 Å². The summed E-state index contributed by atoms with van der Waals surface area (Å²) in [6.07, 6.45) is 1.08. The molecule has 0 radical (unpaired) electrons. The van der Waals surface area contributed by atoms with Gasteiger partial charge in [-0.2, -0.15) is 0 Å². The number of nitrogens with one attached hydrogen (secondary N) is 1. The lowest BCUT2D eigenvalue weighted by Gasteiger charge is -2.00. The topological polar surface area (TPSA) is 25.2 Å². The second-order valence-corrected chi connectivity index (χ2v) is 3.92. The Labute approximate surface area is 100 Å². The van der Waals surface area contributed by atoms with Gasteiger partial charge in [-0.25, -0.2) is 4.39 Å². The van der Waals surface area contributed by atoms with E-state index in [4.69, 9.17) is 4.42 Å². The minimum absolute atomic E-state index is 0.255. The van der Waals surface area contributed by atoms with Crippen molar-refractivity contribution in [3.05, 3.63) is 48.0 Å². The number of halogens is 1. The minimum Gasteiger partial charge on any atom is -0.460 e. The van der Waals surface area contributed by atoms with Gasteiger partial charge in [0.2, 0.25) is 0 Å². The Morgan fingerprint density at radius 1 is 1.18 bits per heavy atom. The van der Waals surface area contributed by atoms with Gasteiger partial charge in [0.15, 0.2) is 0 Å². The molecule has 0 atom stereocenters. The highest BCUT2D eigenvalue weighted by molar-refractivity contribution is 5.58. The molecule has 90 valence electrons. The molecule has 0 aliphatic rings. The van der Waals surface area contributed by atoms with Crippen LogP contribution in [0.25, 0.3) is 11.3 Å². The van der Waals surface area contributed by atoms with E-state index in [0.29, 0.717) is 17.9 Å². The maximum Gasteiger partial charge on any atom is 0.137 e. The zero-order valence-corrected chi connectivity index (χ0v) is 9.87. The van der Waals surface area contributed by atoms with E-state index in [2.05, 4.69) is 12.2 Å². The van der Waals surface area contributed by atoms with Gasteiger partial charge in [0.1, 0.15) is 17.3 Å². The largest absolute Gasteiger partial charge is 0.460 e. The summed E-state index contributed by atoms with van der Waals surface area (Å²) in [7, 11) is 0. The third-order valence-electron chi connectivity index (χ3n) is 2.53. The second-order valence-electron chi connectivity index (χ2n) is 3.92. The molecule has 0 saturated heterocycles. The van der Waals surface area contributed by atoms with Crippen molar-refractivity contribution in [1.82, 2.24) is 5.32 Å². The molecule has 0 aliphatic heterocycles. The summed E-state index contributed by atoms with van der Waals surface area (Å²) in [4.78, 5) is 0. The van der Waals surface area contributed by atoms with Gasteiger partial charge in [0.05, 0.1) is 12.1 Å². The van der Waals surface area contributed by atoms with Gasteiger partial charge in [0.25, 0.3) is 0 Å². The third kappa shape index (κ3) is 2.94. The predicted octanol–water partition coefficient (Wildman–Crippen LogP) is 3.59. The second kappa shape index (κ2) is 5.64. The number of benzene rings is 1. The average Bonchev–Trinajstić information content (AvgIpc) is 2.79. The quantitative estimate of drug-likeness (QED) is 0.798. The first-order chi connectivity index (χ1) is 8.31. The first-order valence-corrected chi connectivity index (χ1v) is 5.85. The maximum absolute atomic E-state index is 13.5. The van der Waals surface area contributed by atoms with Crippen LogP contribution in [0.5, 0.6) is 0 Å². The van der Waals surface area contributed by atoms with Crippen LogP contribution in [0, 0.1) is 5.82 Å². The van der Waals surface area contributed by atoms with E-state index >= 15 is 0 Å². The van der Waals surface area contributed by atoms with Crippen molar-refractivity contribution in [1.29, 1.82) is 0 Å². The maximum atomic E-state index is 13.5.